The standard InChI is InChI=1S/C14H15FN4O2S/c1-9-8-10(15)2-5-12(9)22(20,21)19-14-7-6-13(17-18-14)16-11-3-4-11/h2,5-8,11H,3-4H2,1H3,(H,16,17)(H,18,19). The summed E-state index contributed by atoms with van der Waals surface area (Å²) < 4.78 is 40.0. The van der Waals surface area contributed by atoms with E-state index >= 15 is 0 Å². The van der Waals surface area contributed by atoms with E-state index in [1.165, 1.54) is 25.1 Å². The lowest BCUT2D eigenvalue weighted by Crippen LogP contribution is -2.16. The molecule has 6 nitrogen and oxygen atoms in total. The van der Waals surface area contributed by atoms with Crippen molar-refractivity contribution in [3.05, 3.63) is 41.7 Å². The van der Waals surface area contributed by atoms with Gasteiger partial charge in [0.15, 0.2) is 5.82 Å². The fourth-order valence-corrected chi connectivity index (χ4v) is 3.23. The number of nitrogens with one attached hydrogen (secondary N) is 2. The third-order valence-electron chi connectivity index (χ3n) is 3.26. The molecule has 2 N–H and O–H groups in total. The minimum absolute atomic E-state index is 0.0101. The maximum Gasteiger partial charge on any atom is 0.263 e. The number of benzene rings is 1. The van der Waals surface area contributed by atoms with Crippen LogP contribution in [0.25, 0.3) is 0 Å². The highest BCUT2D eigenvalue weighted by Gasteiger charge is 2.22. The van der Waals surface area contributed by atoms with Crippen LogP contribution in [0.15, 0.2) is 35.2 Å². The van der Waals surface area contributed by atoms with E-state index in [-0.39, 0.29) is 10.7 Å². The van der Waals surface area contributed by atoms with Gasteiger partial charge in [0.05, 0.1) is 4.90 Å². The number of aromatic nitrogens is 2. The Morgan fingerprint density at radius 2 is 1.82 bits per heavy atom. The van der Waals surface area contributed by atoms with Crippen LogP contribution in [-0.4, -0.2) is 24.7 Å². The SMILES string of the molecule is Cc1cc(F)ccc1S(=O)(=O)Nc1ccc(NC2CC2)nn1. The van der Waals surface area contributed by atoms with Crippen LogP contribution in [0, 0.1) is 12.7 Å². The lowest BCUT2D eigenvalue weighted by atomic mass is 10.2. The van der Waals surface area contributed by atoms with Crippen LogP contribution < -0.4 is 10.0 Å². The normalized spacial score (nSPS) is 14.6. The summed E-state index contributed by atoms with van der Waals surface area (Å²) in [4.78, 5) is 0.0101. The molecule has 0 bridgehead atoms. The summed E-state index contributed by atoms with van der Waals surface area (Å²) in [7, 11) is -3.82. The second-order valence-corrected chi connectivity index (χ2v) is 6.89. The maximum atomic E-state index is 13.1. The molecule has 0 saturated heterocycles. The average Bonchev–Trinajstić information content (AvgIpc) is 3.24. The number of hydrogen-bond donors (Lipinski definition) is 2. The van der Waals surface area contributed by atoms with Crippen molar-refractivity contribution in [3.63, 3.8) is 0 Å². The predicted octanol–water partition coefficient (Wildman–Crippen LogP) is 2.30. The van der Waals surface area contributed by atoms with Crippen molar-refractivity contribution in [2.45, 2.75) is 30.7 Å². The molecular formula is C14H15FN4O2S. The molecule has 2 aromatic rings. The number of rotatable bonds is 5. The van der Waals surface area contributed by atoms with E-state index in [9.17, 15) is 12.8 Å². The van der Waals surface area contributed by atoms with Crippen molar-refractivity contribution in [2.24, 2.45) is 0 Å². The molecule has 0 aliphatic heterocycles. The van der Waals surface area contributed by atoms with Crippen LogP contribution in [0.3, 0.4) is 0 Å². The minimum atomic E-state index is -3.82. The molecule has 1 saturated carbocycles. The van der Waals surface area contributed by atoms with Gasteiger partial charge in [-0.25, -0.2) is 12.8 Å². The van der Waals surface area contributed by atoms with Crippen molar-refractivity contribution in [1.29, 1.82) is 0 Å². The van der Waals surface area contributed by atoms with Crippen molar-refractivity contribution >= 4 is 21.7 Å². The Labute approximate surface area is 127 Å². The molecule has 1 aromatic carbocycles. The molecule has 116 valence electrons. The van der Waals surface area contributed by atoms with Crippen molar-refractivity contribution in [3.8, 4) is 0 Å². The summed E-state index contributed by atoms with van der Waals surface area (Å²) in [5.41, 5.74) is 0.326. The van der Waals surface area contributed by atoms with Gasteiger partial charge in [0.1, 0.15) is 11.6 Å². The summed E-state index contributed by atoms with van der Waals surface area (Å²) in [6, 6.07) is 7.15. The fourth-order valence-electron chi connectivity index (χ4n) is 2.01. The molecule has 8 heteroatoms. The predicted molar refractivity (Wildman–Crippen MR) is 80.6 cm³/mol. The van der Waals surface area contributed by atoms with Crippen LogP contribution in [0.4, 0.5) is 16.0 Å². The van der Waals surface area contributed by atoms with Gasteiger partial charge in [0, 0.05) is 6.04 Å². The molecule has 0 amide bonds. The topological polar surface area (TPSA) is 84.0 Å². The van der Waals surface area contributed by atoms with Gasteiger partial charge in [0.2, 0.25) is 0 Å². The Bertz CT molecular complexity index is 789. The first kappa shape index (κ1) is 14.7. The molecule has 3 rings (SSSR count). The number of sulfonamides is 1. The molecule has 1 fully saturated rings. The number of halogens is 1. The molecular weight excluding hydrogens is 307 g/mol. The van der Waals surface area contributed by atoms with Gasteiger partial charge in [0.25, 0.3) is 10.0 Å². The number of hydrogen-bond acceptors (Lipinski definition) is 5. The first-order valence-corrected chi connectivity index (χ1v) is 8.31. The van der Waals surface area contributed by atoms with E-state index in [1.54, 1.807) is 6.07 Å². The summed E-state index contributed by atoms with van der Waals surface area (Å²) >= 11 is 0. The minimum Gasteiger partial charge on any atom is -0.366 e. The average molecular weight is 322 g/mol. The second kappa shape index (κ2) is 5.53. The molecule has 1 aliphatic rings. The van der Waals surface area contributed by atoms with Gasteiger partial charge in [-0.2, -0.15) is 0 Å². The highest BCUT2D eigenvalue weighted by Crippen LogP contribution is 2.24. The fraction of sp³-hybridized carbons (Fsp3) is 0.286. The Kier molecular flexibility index (Phi) is 3.69. The summed E-state index contributed by atoms with van der Waals surface area (Å²) in [5.74, 6) is 0.250. The number of aryl methyl sites for hydroxylation is 1. The van der Waals surface area contributed by atoms with E-state index in [0.717, 1.165) is 18.9 Å². The molecule has 0 radical (unpaired) electrons. The van der Waals surface area contributed by atoms with Crippen LogP contribution in [0.1, 0.15) is 18.4 Å². The first-order chi connectivity index (χ1) is 10.4. The van der Waals surface area contributed by atoms with E-state index in [2.05, 4.69) is 20.2 Å². The van der Waals surface area contributed by atoms with E-state index in [4.69, 9.17) is 0 Å². The van der Waals surface area contributed by atoms with Crippen LogP contribution in [0.2, 0.25) is 0 Å². The Balaban J connectivity index is 1.78. The summed E-state index contributed by atoms with van der Waals surface area (Å²) in [6.45, 7) is 1.53. The lowest BCUT2D eigenvalue weighted by molar-refractivity contribution is 0.598. The smallest absolute Gasteiger partial charge is 0.263 e. The highest BCUT2D eigenvalue weighted by atomic mass is 32.2. The van der Waals surface area contributed by atoms with Crippen molar-refractivity contribution < 1.29 is 12.8 Å². The molecule has 0 unspecified atom stereocenters. The second-order valence-electron chi connectivity index (χ2n) is 5.24. The van der Waals surface area contributed by atoms with E-state index in [0.29, 0.717) is 17.4 Å². The van der Waals surface area contributed by atoms with Gasteiger partial charge < -0.3 is 5.32 Å². The summed E-state index contributed by atoms with van der Waals surface area (Å²) in [6.07, 6.45) is 2.22. The molecule has 0 atom stereocenters. The lowest BCUT2D eigenvalue weighted by Gasteiger charge is -2.10. The summed E-state index contributed by atoms with van der Waals surface area (Å²) in [5, 5.41) is 10.9. The van der Waals surface area contributed by atoms with Gasteiger partial charge >= 0.3 is 0 Å². The largest absolute Gasteiger partial charge is 0.366 e. The third kappa shape index (κ3) is 3.33. The molecule has 22 heavy (non-hydrogen) atoms. The van der Waals surface area contributed by atoms with Gasteiger partial charge in [-0.15, -0.1) is 10.2 Å². The Morgan fingerprint density at radius 1 is 1.14 bits per heavy atom. The zero-order valence-electron chi connectivity index (χ0n) is 11.9. The third-order valence-corrected chi connectivity index (χ3v) is 4.77. The van der Waals surface area contributed by atoms with E-state index < -0.39 is 15.8 Å². The monoisotopic (exact) mass is 322 g/mol. The molecule has 1 aliphatic carbocycles. The molecule has 1 heterocycles. The van der Waals surface area contributed by atoms with Gasteiger partial charge in [-0.05, 0) is 55.7 Å². The highest BCUT2D eigenvalue weighted by molar-refractivity contribution is 7.92. The number of anilines is 2. The van der Waals surface area contributed by atoms with Gasteiger partial charge in [-0.1, -0.05) is 0 Å². The van der Waals surface area contributed by atoms with Gasteiger partial charge in [-0.3, -0.25) is 4.72 Å². The zero-order valence-corrected chi connectivity index (χ0v) is 12.7. The first-order valence-electron chi connectivity index (χ1n) is 6.83. The van der Waals surface area contributed by atoms with Crippen molar-refractivity contribution in [1.82, 2.24) is 10.2 Å². The van der Waals surface area contributed by atoms with Crippen LogP contribution >= 0.6 is 0 Å². The quantitative estimate of drug-likeness (QED) is 0.882. The van der Waals surface area contributed by atoms with Crippen molar-refractivity contribution in [2.75, 3.05) is 10.0 Å². The van der Waals surface area contributed by atoms with Crippen LogP contribution in [0.5, 0.6) is 0 Å². The molecule has 0 spiro atoms. The Hall–Kier alpha value is -2.22. The van der Waals surface area contributed by atoms with Crippen LogP contribution in [-0.2, 0) is 10.0 Å². The zero-order chi connectivity index (χ0) is 15.7. The maximum absolute atomic E-state index is 13.1. The number of nitrogens with zero attached hydrogens (tertiary/aromatic N) is 2. The van der Waals surface area contributed by atoms with E-state index in [1.807, 2.05) is 0 Å². The molecule has 1 aromatic heterocycles. The Morgan fingerprint density at radius 3 is 2.41 bits per heavy atom.